The second kappa shape index (κ2) is 6.42. The number of sulfonamides is 1. The number of aryl methyl sites for hydroxylation is 2. The molecule has 0 aliphatic heterocycles. The van der Waals surface area contributed by atoms with Gasteiger partial charge in [-0.25, -0.2) is 17.5 Å². The summed E-state index contributed by atoms with van der Waals surface area (Å²) in [6, 6.07) is 11.8. The first-order valence-corrected chi connectivity index (χ1v) is 9.45. The molecule has 2 aromatic carbocycles. The Hall–Kier alpha value is -1.72. The molecule has 3 rings (SSSR count). The normalized spacial score (nSPS) is 15.4. The Labute approximate surface area is 136 Å². The highest BCUT2D eigenvalue weighted by atomic mass is 32.2. The first-order valence-electron chi connectivity index (χ1n) is 7.80. The van der Waals surface area contributed by atoms with Crippen molar-refractivity contribution in [2.75, 3.05) is 0 Å². The van der Waals surface area contributed by atoms with Gasteiger partial charge in [0.15, 0.2) is 0 Å². The molecular weight excluding hydrogens is 313 g/mol. The zero-order valence-corrected chi connectivity index (χ0v) is 13.9. The van der Waals surface area contributed by atoms with E-state index in [0.717, 1.165) is 24.8 Å². The zero-order chi connectivity index (χ0) is 16.4. The topological polar surface area (TPSA) is 46.2 Å². The summed E-state index contributed by atoms with van der Waals surface area (Å²) < 4.78 is 40.9. The monoisotopic (exact) mass is 333 g/mol. The molecule has 122 valence electrons. The van der Waals surface area contributed by atoms with Gasteiger partial charge in [-0.15, -0.1) is 0 Å². The molecule has 23 heavy (non-hydrogen) atoms. The van der Waals surface area contributed by atoms with Crippen molar-refractivity contribution in [2.45, 2.75) is 38.0 Å². The van der Waals surface area contributed by atoms with E-state index in [1.165, 1.54) is 23.3 Å². The van der Waals surface area contributed by atoms with Gasteiger partial charge >= 0.3 is 0 Å². The first-order chi connectivity index (χ1) is 10.9. The van der Waals surface area contributed by atoms with E-state index in [-0.39, 0.29) is 17.4 Å². The summed E-state index contributed by atoms with van der Waals surface area (Å²) in [5.41, 5.74) is 3.79. The maximum atomic E-state index is 13.6. The Morgan fingerprint density at radius 3 is 2.65 bits per heavy atom. The van der Waals surface area contributed by atoms with Crippen LogP contribution in [0.5, 0.6) is 0 Å². The van der Waals surface area contributed by atoms with Crippen molar-refractivity contribution in [1.82, 2.24) is 4.72 Å². The van der Waals surface area contributed by atoms with Gasteiger partial charge in [-0.2, -0.15) is 0 Å². The van der Waals surface area contributed by atoms with Crippen LogP contribution in [0.1, 0.15) is 41.6 Å². The van der Waals surface area contributed by atoms with Gasteiger partial charge in [-0.3, -0.25) is 0 Å². The molecule has 0 bridgehead atoms. The molecule has 1 aliphatic carbocycles. The SMILES string of the molecule is C[C@H](NS(=O)(=O)Cc1ccccc1F)c1ccc2c(c1)CCC2. The number of halogens is 1. The summed E-state index contributed by atoms with van der Waals surface area (Å²) in [5, 5.41) is 0. The Balaban J connectivity index is 1.74. The summed E-state index contributed by atoms with van der Waals surface area (Å²) in [5.74, 6) is -0.849. The van der Waals surface area contributed by atoms with Crippen molar-refractivity contribution >= 4 is 10.0 Å². The van der Waals surface area contributed by atoms with E-state index in [1.807, 2.05) is 13.0 Å². The molecule has 0 fully saturated rings. The summed E-state index contributed by atoms with van der Waals surface area (Å²) in [6.45, 7) is 1.82. The minimum atomic E-state index is -3.61. The maximum absolute atomic E-state index is 13.6. The molecule has 0 aromatic heterocycles. The van der Waals surface area contributed by atoms with Gasteiger partial charge in [0.2, 0.25) is 10.0 Å². The van der Waals surface area contributed by atoms with E-state index >= 15 is 0 Å². The minimum Gasteiger partial charge on any atom is -0.212 e. The molecule has 0 spiro atoms. The highest BCUT2D eigenvalue weighted by Crippen LogP contribution is 2.26. The molecule has 2 aromatic rings. The Morgan fingerprint density at radius 1 is 1.13 bits per heavy atom. The molecule has 0 heterocycles. The van der Waals surface area contributed by atoms with Gasteiger partial charge in [-0.05, 0) is 48.9 Å². The van der Waals surface area contributed by atoms with E-state index in [9.17, 15) is 12.8 Å². The van der Waals surface area contributed by atoms with Gasteiger partial charge in [-0.1, -0.05) is 36.4 Å². The lowest BCUT2D eigenvalue weighted by Gasteiger charge is -2.16. The van der Waals surface area contributed by atoms with Crippen LogP contribution in [0.2, 0.25) is 0 Å². The lowest BCUT2D eigenvalue weighted by Crippen LogP contribution is -2.28. The van der Waals surface area contributed by atoms with Crippen LogP contribution < -0.4 is 4.72 Å². The lowest BCUT2D eigenvalue weighted by atomic mass is 10.0. The Kier molecular flexibility index (Phi) is 4.50. The van der Waals surface area contributed by atoms with Crippen molar-refractivity contribution in [3.8, 4) is 0 Å². The van der Waals surface area contributed by atoms with Gasteiger partial charge in [0.05, 0.1) is 5.75 Å². The molecular formula is C18H20FNO2S. The molecule has 0 unspecified atom stereocenters. The highest BCUT2D eigenvalue weighted by molar-refractivity contribution is 7.88. The quantitative estimate of drug-likeness (QED) is 0.910. The van der Waals surface area contributed by atoms with Crippen molar-refractivity contribution in [1.29, 1.82) is 0 Å². The van der Waals surface area contributed by atoms with Crippen LogP contribution in [0, 0.1) is 5.82 Å². The van der Waals surface area contributed by atoms with Crippen LogP contribution in [-0.4, -0.2) is 8.42 Å². The number of benzene rings is 2. The van der Waals surface area contributed by atoms with Crippen LogP contribution in [0.25, 0.3) is 0 Å². The molecule has 0 amide bonds. The predicted octanol–water partition coefficient (Wildman–Crippen LogP) is 3.50. The van der Waals surface area contributed by atoms with Crippen molar-refractivity contribution < 1.29 is 12.8 Å². The van der Waals surface area contributed by atoms with E-state index in [4.69, 9.17) is 0 Å². The largest absolute Gasteiger partial charge is 0.216 e. The number of fused-ring (bicyclic) bond motifs is 1. The number of nitrogens with one attached hydrogen (secondary N) is 1. The molecule has 1 aliphatic rings. The van der Waals surface area contributed by atoms with Crippen molar-refractivity contribution in [3.63, 3.8) is 0 Å². The average molecular weight is 333 g/mol. The molecule has 3 nitrogen and oxygen atoms in total. The number of rotatable bonds is 5. The maximum Gasteiger partial charge on any atom is 0.216 e. The number of hydrogen-bond donors (Lipinski definition) is 1. The van der Waals surface area contributed by atoms with Gasteiger partial charge in [0, 0.05) is 11.6 Å². The van der Waals surface area contributed by atoms with E-state index in [2.05, 4.69) is 16.9 Å². The van der Waals surface area contributed by atoms with Crippen LogP contribution in [-0.2, 0) is 28.6 Å². The molecule has 0 saturated heterocycles. The number of hydrogen-bond acceptors (Lipinski definition) is 2. The second-order valence-electron chi connectivity index (χ2n) is 6.07. The third kappa shape index (κ3) is 3.79. The van der Waals surface area contributed by atoms with E-state index < -0.39 is 15.8 Å². The van der Waals surface area contributed by atoms with E-state index in [0.29, 0.717) is 0 Å². The lowest BCUT2D eigenvalue weighted by molar-refractivity contribution is 0.561. The fourth-order valence-corrected chi connectivity index (χ4v) is 4.46. The second-order valence-corrected chi connectivity index (χ2v) is 7.83. The van der Waals surface area contributed by atoms with Crippen LogP contribution >= 0.6 is 0 Å². The highest BCUT2D eigenvalue weighted by Gasteiger charge is 2.19. The standard InChI is InChI=1S/C18H20FNO2S/c1-13(15-10-9-14-6-4-7-16(14)11-15)20-23(21,22)12-17-5-2-3-8-18(17)19/h2-3,5,8-11,13,20H,4,6-7,12H2,1H3/t13-/m0/s1. The Morgan fingerprint density at radius 2 is 1.87 bits per heavy atom. The van der Waals surface area contributed by atoms with Gasteiger partial charge in [0.25, 0.3) is 0 Å². The molecule has 5 heteroatoms. The summed E-state index contributed by atoms with van der Waals surface area (Å²) in [4.78, 5) is 0. The fourth-order valence-electron chi connectivity index (χ4n) is 3.06. The van der Waals surface area contributed by atoms with Crippen LogP contribution in [0.15, 0.2) is 42.5 Å². The minimum absolute atomic E-state index is 0.182. The van der Waals surface area contributed by atoms with E-state index in [1.54, 1.807) is 12.1 Å². The molecule has 1 atom stereocenters. The molecule has 0 saturated carbocycles. The van der Waals surface area contributed by atoms with Gasteiger partial charge < -0.3 is 0 Å². The molecule has 1 N–H and O–H groups in total. The first kappa shape index (κ1) is 16.1. The smallest absolute Gasteiger partial charge is 0.212 e. The summed E-state index contributed by atoms with van der Waals surface area (Å²) in [6.07, 6.45) is 3.31. The summed E-state index contributed by atoms with van der Waals surface area (Å²) >= 11 is 0. The fraction of sp³-hybridized carbons (Fsp3) is 0.333. The van der Waals surface area contributed by atoms with Crippen LogP contribution in [0.3, 0.4) is 0 Å². The van der Waals surface area contributed by atoms with Crippen molar-refractivity contribution in [2.24, 2.45) is 0 Å². The third-order valence-corrected chi connectivity index (χ3v) is 5.69. The predicted molar refractivity (Wildman–Crippen MR) is 89.0 cm³/mol. The van der Waals surface area contributed by atoms with Gasteiger partial charge in [0.1, 0.15) is 5.82 Å². The third-order valence-electron chi connectivity index (χ3n) is 4.28. The Bertz CT molecular complexity index is 818. The average Bonchev–Trinajstić information content (AvgIpc) is 2.96. The zero-order valence-electron chi connectivity index (χ0n) is 13.0. The van der Waals surface area contributed by atoms with Crippen LogP contribution in [0.4, 0.5) is 4.39 Å². The van der Waals surface area contributed by atoms with Crippen molar-refractivity contribution in [3.05, 3.63) is 70.5 Å². The molecule has 0 radical (unpaired) electrons. The summed E-state index contributed by atoms with van der Waals surface area (Å²) in [7, 11) is -3.61.